The molecule has 0 radical (unpaired) electrons. The highest BCUT2D eigenvalue weighted by atomic mass is 127. The molecule has 10 heteroatoms. The quantitative estimate of drug-likeness (QED) is 0.478. The van der Waals surface area contributed by atoms with Gasteiger partial charge in [-0.05, 0) is 84.3 Å². The summed E-state index contributed by atoms with van der Waals surface area (Å²) in [5.41, 5.74) is -0.499. The number of benzene rings is 2. The van der Waals surface area contributed by atoms with Crippen LogP contribution in [0.5, 0.6) is 0 Å². The number of hydrogen-bond acceptors (Lipinski definition) is 3. The number of alkyl halides is 3. The number of sulfonamides is 1. The highest BCUT2D eigenvalue weighted by Gasteiger charge is 2.35. The number of rotatable bonds is 3. The van der Waals surface area contributed by atoms with E-state index in [1.165, 1.54) is 18.2 Å². The maximum Gasteiger partial charge on any atom is 0.417 e. The zero-order valence-electron chi connectivity index (χ0n) is 14.5. The average molecular weight is 543 g/mol. The van der Waals surface area contributed by atoms with Gasteiger partial charge in [0, 0.05) is 3.57 Å². The second-order valence-electron chi connectivity index (χ2n) is 6.36. The standard InChI is InChI=1S/C18H15ClF3IN2O2S/c1-11-2-9-17(12-3-8-16(19)15(10-12)18(20,21)22)24-25(11)28(26,27)14-6-4-13(23)5-7-14/h3-8,10-11H,2,9H2,1H3. The Balaban J connectivity index is 2.04. The largest absolute Gasteiger partial charge is 0.417 e. The van der Waals surface area contributed by atoms with Crippen molar-refractivity contribution in [1.29, 1.82) is 0 Å². The van der Waals surface area contributed by atoms with Crippen molar-refractivity contribution in [3.05, 3.63) is 62.2 Å². The normalized spacial score (nSPS) is 18.1. The third-order valence-corrected chi connectivity index (χ3v) is 7.21. The van der Waals surface area contributed by atoms with Crippen molar-refractivity contribution in [3.63, 3.8) is 0 Å². The molecule has 0 aliphatic carbocycles. The Bertz CT molecular complexity index is 1020. The SMILES string of the molecule is CC1CCC(c2ccc(Cl)c(C(F)(F)F)c2)=NN1S(=O)(=O)c1ccc(I)cc1. The zero-order valence-corrected chi connectivity index (χ0v) is 18.3. The molecule has 0 saturated heterocycles. The second kappa shape index (κ2) is 7.83. The molecule has 0 N–H and O–H groups in total. The van der Waals surface area contributed by atoms with Crippen LogP contribution in [0.15, 0.2) is 52.5 Å². The van der Waals surface area contributed by atoms with E-state index in [9.17, 15) is 21.6 Å². The summed E-state index contributed by atoms with van der Waals surface area (Å²) < 4.78 is 67.3. The Kier molecular flexibility index (Phi) is 5.98. The first-order valence-corrected chi connectivity index (χ1v) is 11.1. The van der Waals surface area contributed by atoms with E-state index in [2.05, 4.69) is 27.7 Å². The van der Waals surface area contributed by atoms with Gasteiger partial charge in [0.05, 0.1) is 27.2 Å². The molecule has 1 aliphatic rings. The van der Waals surface area contributed by atoms with E-state index in [1.807, 2.05) is 0 Å². The molecule has 0 fully saturated rings. The fourth-order valence-corrected chi connectivity index (χ4v) is 4.92. The van der Waals surface area contributed by atoms with Crippen molar-refractivity contribution in [2.45, 2.75) is 36.9 Å². The molecule has 1 unspecified atom stereocenters. The fraction of sp³-hybridized carbons (Fsp3) is 0.278. The van der Waals surface area contributed by atoms with Crippen LogP contribution in [-0.4, -0.2) is 24.6 Å². The summed E-state index contributed by atoms with van der Waals surface area (Å²) in [6.45, 7) is 1.72. The summed E-state index contributed by atoms with van der Waals surface area (Å²) in [6.07, 6.45) is -3.81. The molecular formula is C18H15ClF3IN2O2S. The van der Waals surface area contributed by atoms with Crippen molar-refractivity contribution in [1.82, 2.24) is 4.41 Å². The van der Waals surface area contributed by atoms with Crippen LogP contribution in [0.2, 0.25) is 5.02 Å². The average Bonchev–Trinajstić information content (AvgIpc) is 2.62. The van der Waals surface area contributed by atoms with Gasteiger partial charge < -0.3 is 0 Å². The van der Waals surface area contributed by atoms with Crippen LogP contribution < -0.4 is 0 Å². The van der Waals surface area contributed by atoms with Crippen LogP contribution in [0, 0.1) is 3.57 Å². The minimum atomic E-state index is -4.61. The van der Waals surface area contributed by atoms with Crippen molar-refractivity contribution < 1.29 is 21.6 Å². The predicted octanol–water partition coefficient (Wildman–Crippen LogP) is 5.54. The van der Waals surface area contributed by atoms with Crippen molar-refractivity contribution in [2.75, 3.05) is 0 Å². The number of halogens is 5. The summed E-state index contributed by atoms with van der Waals surface area (Å²) in [5.74, 6) is 0. The molecule has 3 rings (SSSR count). The van der Waals surface area contributed by atoms with Crippen LogP contribution in [0.1, 0.15) is 30.9 Å². The molecular weight excluding hydrogens is 528 g/mol. The van der Waals surface area contributed by atoms with Gasteiger partial charge in [-0.2, -0.15) is 31.1 Å². The molecule has 28 heavy (non-hydrogen) atoms. The summed E-state index contributed by atoms with van der Waals surface area (Å²) in [4.78, 5) is 0.0804. The van der Waals surface area contributed by atoms with Crippen LogP contribution in [0.3, 0.4) is 0 Å². The summed E-state index contributed by atoms with van der Waals surface area (Å²) in [7, 11) is -3.92. The minimum Gasteiger partial charge on any atom is -0.200 e. The molecule has 4 nitrogen and oxygen atoms in total. The third-order valence-electron chi connectivity index (χ3n) is 4.36. The predicted molar refractivity (Wildman–Crippen MR) is 110 cm³/mol. The smallest absolute Gasteiger partial charge is 0.200 e. The van der Waals surface area contributed by atoms with Crippen molar-refractivity contribution in [2.24, 2.45) is 5.10 Å². The Morgan fingerprint density at radius 2 is 1.82 bits per heavy atom. The van der Waals surface area contributed by atoms with Crippen LogP contribution in [-0.2, 0) is 16.2 Å². The lowest BCUT2D eigenvalue weighted by Crippen LogP contribution is -2.38. The molecule has 2 aromatic carbocycles. The van der Waals surface area contributed by atoms with E-state index < -0.39 is 32.8 Å². The van der Waals surface area contributed by atoms with E-state index in [4.69, 9.17) is 11.6 Å². The Morgan fingerprint density at radius 3 is 2.43 bits per heavy atom. The van der Waals surface area contributed by atoms with Crippen LogP contribution >= 0.6 is 34.2 Å². The molecule has 2 aromatic rings. The van der Waals surface area contributed by atoms with Gasteiger partial charge >= 0.3 is 6.18 Å². The Hall–Kier alpha value is -1.33. The second-order valence-corrected chi connectivity index (χ2v) is 9.81. The summed E-state index contributed by atoms with van der Waals surface area (Å²) >= 11 is 7.74. The van der Waals surface area contributed by atoms with Gasteiger partial charge in [0.15, 0.2) is 0 Å². The molecule has 0 aromatic heterocycles. The van der Waals surface area contributed by atoms with Crippen molar-refractivity contribution in [3.8, 4) is 0 Å². The summed E-state index contributed by atoms with van der Waals surface area (Å²) in [5, 5.41) is 3.79. The van der Waals surface area contributed by atoms with Crippen molar-refractivity contribution >= 4 is 49.9 Å². The minimum absolute atomic E-state index is 0.0804. The van der Waals surface area contributed by atoms with Gasteiger partial charge in [0.2, 0.25) is 0 Å². The first-order valence-electron chi connectivity index (χ1n) is 8.25. The van der Waals surface area contributed by atoms with E-state index in [-0.39, 0.29) is 16.2 Å². The van der Waals surface area contributed by atoms with E-state index in [0.29, 0.717) is 12.8 Å². The fourth-order valence-electron chi connectivity index (χ4n) is 2.85. The molecule has 0 spiro atoms. The lowest BCUT2D eigenvalue weighted by Gasteiger charge is -2.31. The molecule has 1 atom stereocenters. The number of hydrazone groups is 1. The first kappa shape index (κ1) is 21.4. The molecule has 0 saturated carbocycles. The summed E-state index contributed by atoms with van der Waals surface area (Å²) in [6, 6.07) is 9.37. The van der Waals surface area contributed by atoms with E-state index in [1.54, 1.807) is 19.1 Å². The first-order chi connectivity index (χ1) is 13.0. The number of nitrogens with zero attached hydrogens (tertiary/aromatic N) is 2. The maximum atomic E-state index is 13.1. The van der Waals surface area contributed by atoms with Crippen LogP contribution in [0.4, 0.5) is 13.2 Å². The van der Waals surface area contributed by atoms with Gasteiger partial charge in [-0.3, -0.25) is 0 Å². The van der Waals surface area contributed by atoms with Crippen LogP contribution in [0.25, 0.3) is 0 Å². The molecule has 0 amide bonds. The van der Waals surface area contributed by atoms with E-state index in [0.717, 1.165) is 20.1 Å². The van der Waals surface area contributed by atoms with Gasteiger partial charge in [-0.25, -0.2) is 0 Å². The number of hydrogen-bond donors (Lipinski definition) is 0. The highest BCUT2D eigenvalue weighted by Crippen LogP contribution is 2.36. The lowest BCUT2D eigenvalue weighted by atomic mass is 10.00. The topological polar surface area (TPSA) is 49.7 Å². The Morgan fingerprint density at radius 1 is 1.18 bits per heavy atom. The van der Waals surface area contributed by atoms with Gasteiger partial charge in [-0.15, -0.1) is 0 Å². The zero-order chi connectivity index (χ0) is 20.7. The Labute approximate surface area is 179 Å². The third kappa shape index (κ3) is 4.30. The van der Waals surface area contributed by atoms with Gasteiger partial charge in [0.25, 0.3) is 10.0 Å². The molecule has 0 bridgehead atoms. The molecule has 150 valence electrons. The lowest BCUT2D eigenvalue weighted by molar-refractivity contribution is -0.137. The monoisotopic (exact) mass is 542 g/mol. The van der Waals surface area contributed by atoms with Gasteiger partial charge in [0.1, 0.15) is 0 Å². The molecule has 1 aliphatic heterocycles. The van der Waals surface area contributed by atoms with E-state index >= 15 is 0 Å². The van der Waals surface area contributed by atoms with Gasteiger partial charge in [-0.1, -0.05) is 17.7 Å². The highest BCUT2D eigenvalue weighted by molar-refractivity contribution is 14.1. The maximum absolute atomic E-state index is 13.1. The molecule has 1 heterocycles.